The minimum Gasteiger partial charge on any atom is -0.494 e. The van der Waals surface area contributed by atoms with Crippen LogP contribution in [0.2, 0.25) is 0 Å². The molecule has 16 heavy (non-hydrogen) atoms. The van der Waals surface area contributed by atoms with Crippen LogP contribution in [0.5, 0.6) is 5.75 Å². The van der Waals surface area contributed by atoms with Crippen LogP contribution >= 0.6 is 0 Å². The van der Waals surface area contributed by atoms with Gasteiger partial charge in [0.05, 0.1) is 6.61 Å². The zero-order chi connectivity index (χ0) is 12.0. The Morgan fingerprint density at radius 2 is 2.12 bits per heavy atom. The first-order valence-corrected chi connectivity index (χ1v) is 5.72. The van der Waals surface area contributed by atoms with E-state index in [1.807, 2.05) is 0 Å². The van der Waals surface area contributed by atoms with Crippen molar-refractivity contribution >= 4 is 0 Å². The Morgan fingerprint density at radius 1 is 1.38 bits per heavy atom. The van der Waals surface area contributed by atoms with E-state index in [1.165, 1.54) is 6.07 Å². The number of hydrogen-bond acceptors (Lipinski definition) is 2. The molecular weight excluding hydrogens is 205 g/mol. The standard InChI is InChI=1S/C13H20FNO/c1-10(2)15-7-4-8-16-12-5-6-13(14)11(3)9-12/h5-6,9-10,15H,4,7-8H2,1-3H3. The monoisotopic (exact) mass is 225 g/mol. The molecule has 0 radical (unpaired) electrons. The molecule has 0 amide bonds. The lowest BCUT2D eigenvalue weighted by molar-refractivity contribution is 0.305. The van der Waals surface area contributed by atoms with E-state index >= 15 is 0 Å². The van der Waals surface area contributed by atoms with Gasteiger partial charge >= 0.3 is 0 Å². The summed E-state index contributed by atoms with van der Waals surface area (Å²) in [6.45, 7) is 7.57. The van der Waals surface area contributed by atoms with Crippen molar-refractivity contribution in [2.75, 3.05) is 13.2 Å². The van der Waals surface area contributed by atoms with Gasteiger partial charge in [-0.15, -0.1) is 0 Å². The van der Waals surface area contributed by atoms with Crippen molar-refractivity contribution in [1.82, 2.24) is 5.32 Å². The summed E-state index contributed by atoms with van der Waals surface area (Å²) in [6, 6.07) is 5.34. The highest BCUT2D eigenvalue weighted by molar-refractivity contribution is 5.28. The van der Waals surface area contributed by atoms with E-state index in [-0.39, 0.29) is 5.82 Å². The maximum Gasteiger partial charge on any atom is 0.126 e. The van der Waals surface area contributed by atoms with Crippen LogP contribution in [-0.2, 0) is 0 Å². The van der Waals surface area contributed by atoms with Crippen molar-refractivity contribution in [1.29, 1.82) is 0 Å². The number of rotatable bonds is 6. The van der Waals surface area contributed by atoms with Crippen LogP contribution in [0.3, 0.4) is 0 Å². The van der Waals surface area contributed by atoms with E-state index < -0.39 is 0 Å². The van der Waals surface area contributed by atoms with Crippen molar-refractivity contribution < 1.29 is 9.13 Å². The number of benzene rings is 1. The number of aryl methyl sites for hydroxylation is 1. The Hall–Kier alpha value is -1.09. The minimum atomic E-state index is -0.186. The smallest absolute Gasteiger partial charge is 0.126 e. The van der Waals surface area contributed by atoms with E-state index in [0.717, 1.165) is 18.7 Å². The Kier molecular flexibility index (Phi) is 5.26. The average molecular weight is 225 g/mol. The zero-order valence-electron chi connectivity index (χ0n) is 10.2. The Bertz CT molecular complexity index is 326. The fourth-order valence-electron chi connectivity index (χ4n) is 1.36. The fourth-order valence-corrected chi connectivity index (χ4v) is 1.36. The molecule has 0 fully saturated rings. The van der Waals surface area contributed by atoms with E-state index in [9.17, 15) is 4.39 Å². The third-order valence-corrected chi connectivity index (χ3v) is 2.27. The second-order valence-corrected chi connectivity index (χ2v) is 4.22. The molecule has 0 aliphatic heterocycles. The van der Waals surface area contributed by atoms with Crippen LogP contribution in [-0.4, -0.2) is 19.2 Å². The number of nitrogens with one attached hydrogen (secondary N) is 1. The lowest BCUT2D eigenvalue weighted by atomic mass is 10.2. The van der Waals surface area contributed by atoms with Gasteiger partial charge in [-0.05, 0) is 43.7 Å². The molecule has 0 saturated heterocycles. The summed E-state index contributed by atoms with van der Waals surface area (Å²) in [7, 11) is 0. The lowest BCUT2D eigenvalue weighted by Gasteiger charge is -2.09. The molecule has 0 aromatic heterocycles. The highest BCUT2D eigenvalue weighted by atomic mass is 19.1. The molecule has 0 atom stereocenters. The second kappa shape index (κ2) is 6.48. The van der Waals surface area contributed by atoms with Crippen molar-refractivity contribution in [3.8, 4) is 5.75 Å². The molecule has 0 aliphatic rings. The number of hydrogen-bond donors (Lipinski definition) is 1. The molecular formula is C13H20FNO. The van der Waals surface area contributed by atoms with Gasteiger partial charge in [0.2, 0.25) is 0 Å². The SMILES string of the molecule is Cc1cc(OCCCNC(C)C)ccc1F. The summed E-state index contributed by atoms with van der Waals surface area (Å²) in [6.07, 6.45) is 0.953. The molecule has 1 aromatic rings. The largest absolute Gasteiger partial charge is 0.494 e. The minimum absolute atomic E-state index is 0.186. The van der Waals surface area contributed by atoms with Gasteiger partial charge < -0.3 is 10.1 Å². The Labute approximate surface area is 96.8 Å². The molecule has 2 nitrogen and oxygen atoms in total. The topological polar surface area (TPSA) is 21.3 Å². The fraction of sp³-hybridized carbons (Fsp3) is 0.538. The van der Waals surface area contributed by atoms with E-state index in [0.29, 0.717) is 18.2 Å². The number of halogens is 1. The van der Waals surface area contributed by atoms with Crippen LogP contribution in [0.1, 0.15) is 25.8 Å². The second-order valence-electron chi connectivity index (χ2n) is 4.22. The van der Waals surface area contributed by atoms with Gasteiger partial charge in [0.1, 0.15) is 11.6 Å². The van der Waals surface area contributed by atoms with Crippen LogP contribution in [0.4, 0.5) is 4.39 Å². The molecule has 1 rings (SSSR count). The summed E-state index contributed by atoms with van der Waals surface area (Å²) >= 11 is 0. The van der Waals surface area contributed by atoms with Crippen LogP contribution in [0, 0.1) is 12.7 Å². The molecule has 0 saturated carbocycles. The van der Waals surface area contributed by atoms with Gasteiger partial charge in [-0.1, -0.05) is 13.8 Å². The van der Waals surface area contributed by atoms with Crippen molar-refractivity contribution in [2.45, 2.75) is 33.2 Å². The van der Waals surface area contributed by atoms with Crippen molar-refractivity contribution in [3.63, 3.8) is 0 Å². The van der Waals surface area contributed by atoms with Crippen LogP contribution < -0.4 is 10.1 Å². The first-order chi connectivity index (χ1) is 7.59. The number of ether oxygens (including phenoxy) is 1. The molecule has 3 heteroatoms. The predicted octanol–water partition coefficient (Wildman–Crippen LogP) is 2.90. The van der Waals surface area contributed by atoms with Crippen molar-refractivity contribution in [2.24, 2.45) is 0 Å². The van der Waals surface area contributed by atoms with Gasteiger partial charge in [0.25, 0.3) is 0 Å². The molecule has 0 bridgehead atoms. The third-order valence-electron chi connectivity index (χ3n) is 2.27. The molecule has 1 aromatic carbocycles. The summed E-state index contributed by atoms with van der Waals surface area (Å²) < 4.78 is 18.5. The van der Waals surface area contributed by atoms with Gasteiger partial charge in [0, 0.05) is 6.04 Å². The summed E-state index contributed by atoms with van der Waals surface area (Å²) in [4.78, 5) is 0. The Balaban J connectivity index is 2.24. The maximum absolute atomic E-state index is 13.0. The van der Waals surface area contributed by atoms with E-state index in [4.69, 9.17) is 4.74 Å². The summed E-state index contributed by atoms with van der Waals surface area (Å²) in [5.41, 5.74) is 0.623. The van der Waals surface area contributed by atoms with Gasteiger partial charge in [-0.3, -0.25) is 0 Å². The lowest BCUT2D eigenvalue weighted by Crippen LogP contribution is -2.24. The first-order valence-electron chi connectivity index (χ1n) is 5.72. The van der Waals surface area contributed by atoms with Gasteiger partial charge in [-0.2, -0.15) is 0 Å². The summed E-state index contributed by atoms with van der Waals surface area (Å²) in [5.74, 6) is 0.553. The predicted molar refractivity (Wildman–Crippen MR) is 64.4 cm³/mol. The first kappa shape index (κ1) is 13.0. The zero-order valence-corrected chi connectivity index (χ0v) is 10.2. The molecule has 90 valence electrons. The van der Waals surface area contributed by atoms with E-state index in [1.54, 1.807) is 19.1 Å². The van der Waals surface area contributed by atoms with Crippen molar-refractivity contribution in [3.05, 3.63) is 29.6 Å². The average Bonchev–Trinajstić information content (AvgIpc) is 2.22. The molecule has 0 spiro atoms. The van der Waals surface area contributed by atoms with Gasteiger partial charge in [-0.25, -0.2) is 4.39 Å². The van der Waals surface area contributed by atoms with Crippen LogP contribution in [0.25, 0.3) is 0 Å². The molecule has 0 aliphatic carbocycles. The summed E-state index contributed by atoms with van der Waals surface area (Å²) in [5, 5.41) is 3.31. The Morgan fingerprint density at radius 3 is 2.75 bits per heavy atom. The maximum atomic E-state index is 13.0. The third kappa shape index (κ3) is 4.62. The highest BCUT2D eigenvalue weighted by Crippen LogP contribution is 2.15. The molecule has 1 N–H and O–H groups in total. The van der Waals surface area contributed by atoms with Crippen LogP contribution in [0.15, 0.2) is 18.2 Å². The molecule has 0 unspecified atom stereocenters. The molecule has 0 heterocycles. The van der Waals surface area contributed by atoms with E-state index in [2.05, 4.69) is 19.2 Å². The quantitative estimate of drug-likeness (QED) is 0.752. The normalized spacial score (nSPS) is 10.8. The highest BCUT2D eigenvalue weighted by Gasteiger charge is 1.99. The van der Waals surface area contributed by atoms with Gasteiger partial charge in [0.15, 0.2) is 0 Å².